The first-order valence-electron chi connectivity index (χ1n) is 5.24. The lowest BCUT2D eigenvalue weighted by Crippen LogP contribution is -2.19. The summed E-state index contributed by atoms with van der Waals surface area (Å²) in [5, 5.41) is 3.32. The molecule has 7 heteroatoms. The molecule has 0 aliphatic heterocycles. The summed E-state index contributed by atoms with van der Waals surface area (Å²) in [6.07, 6.45) is 0.773. The van der Waals surface area contributed by atoms with Crippen LogP contribution in [0, 0.1) is 6.92 Å². The smallest absolute Gasteiger partial charge is 0.351 e. The molecule has 0 bridgehead atoms. The summed E-state index contributed by atoms with van der Waals surface area (Å²) in [4.78, 5) is 12.9. The van der Waals surface area contributed by atoms with Gasteiger partial charge in [-0.2, -0.15) is 18.4 Å². The largest absolute Gasteiger partial charge is 0.462 e. The predicted molar refractivity (Wildman–Crippen MR) is 66.6 cm³/mol. The van der Waals surface area contributed by atoms with Gasteiger partial charge in [0.15, 0.2) is 0 Å². The van der Waals surface area contributed by atoms with Crippen molar-refractivity contribution in [2.45, 2.75) is 18.7 Å². The van der Waals surface area contributed by atoms with Crippen LogP contribution in [0.3, 0.4) is 0 Å². The Morgan fingerprint density at radius 2 is 2.00 bits per heavy atom. The number of carbonyl (C=O) groups excluding carboxylic acids is 1. The highest BCUT2D eigenvalue weighted by molar-refractivity contribution is 7.89. The molecule has 0 atom stereocenters. The van der Waals surface area contributed by atoms with Crippen LogP contribution in [0.25, 0.3) is 0 Å². The minimum atomic E-state index is -3.74. The zero-order valence-corrected chi connectivity index (χ0v) is 10.9. The van der Waals surface area contributed by atoms with E-state index in [1.165, 1.54) is 12.1 Å². The molecule has 0 unspecified atom stereocenters. The maximum Gasteiger partial charge on any atom is 0.351 e. The standard InChI is InChI=1S/C11H14N2O4S/c1-3-17-11(14)8-12-13-18(15,16)10-6-4-9(2)5-7-10/h4-8,13H,3H2,1-2H3/b12-8+. The maximum absolute atomic E-state index is 11.7. The maximum atomic E-state index is 11.7. The molecule has 0 fully saturated rings. The number of nitrogens with zero attached hydrogens (tertiary/aromatic N) is 1. The molecule has 98 valence electrons. The number of sulfonamides is 1. The second-order valence-corrected chi connectivity index (χ2v) is 5.08. The number of hydrogen-bond donors (Lipinski definition) is 1. The van der Waals surface area contributed by atoms with E-state index >= 15 is 0 Å². The van der Waals surface area contributed by atoms with E-state index in [2.05, 4.69) is 9.84 Å². The van der Waals surface area contributed by atoms with E-state index < -0.39 is 16.0 Å². The molecule has 0 spiro atoms. The number of benzene rings is 1. The average Bonchev–Trinajstić information content (AvgIpc) is 2.29. The molecule has 0 heterocycles. The van der Waals surface area contributed by atoms with Crippen molar-refractivity contribution in [1.82, 2.24) is 4.83 Å². The quantitative estimate of drug-likeness (QED) is 0.487. The molecule has 1 aromatic rings. The first-order chi connectivity index (χ1) is 8.45. The summed E-state index contributed by atoms with van der Waals surface area (Å²) in [5.41, 5.74) is 0.948. The van der Waals surface area contributed by atoms with Crippen LogP contribution in [0.15, 0.2) is 34.3 Å². The first kappa shape index (κ1) is 14.2. The Bertz CT molecular complexity index is 535. The Morgan fingerprint density at radius 3 is 2.56 bits per heavy atom. The Balaban J connectivity index is 2.71. The third kappa shape index (κ3) is 4.17. The van der Waals surface area contributed by atoms with Gasteiger partial charge in [0.2, 0.25) is 0 Å². The molecule has 1 rings (SSSR count). The minimum absolute atomic E-state index is 0.0779. The van der Waals surface area contributed by atoms with Crippen molar-refractivity contribution >= 4 is 22.2 Å². The number of rotatable bonds is 5. The van der Waals surface area contributed by atoms with Gasteiger partial charge in [0.1, 0.15) is 6.21 Å². The van der Waals surface area contributed by atoms with Gasteiger partial charge in [-0.25, -0.2) is 4.79 Å². The number of esters is 1. The van der Waals surface area contributed by atoms with E-state index in [-0.39, 0.29) is 11.5 Å². The zero-order chi connectivity index (χ0) is 13.6. The third-order valence-electron chi connectivity index (χ3n) is 1.96. The molecule has 0 saturated carbocycles. The van der Waals surface area contributed by atoms with Crippen LogP contribution in [0.4, 0.5) is 0 Å². The van der Waals surface area contributed by atoms with E-state index in [4.69, 9.17) is 0 Å². The number of hydrazone groups is 1. The number of ether oxygens (including phenoxy) is 1. The summed E-state index contributed by atoms with van der Waals surface area (Å²) in [7, 11) is -3.74. The van der Waals surface area contributed by atoms with Gasteiger partial charge >= 0.3 is 5.97 Å². The Kier molecular flexibility index (Phi) is 4.85. The van der Waals surface area contributed by atoms with Crippen molar-refractivity contribution in [1.29, 1.82) is 0 Å². The summed E-state index contributed by atoms with van der Waals surface area (Å²) in [6.45, 7) is 3.69. The van der Waals surface area contributed by atoms with Gasteiger partial charge in [0.05, 0.1) is 11.5 Å². The number of nitrogens with one attached hydrogen (secondary N) is 1. The summed E-state index contributed by atoms with van der Waals surface area (Å²) in [6, 6.07) is 6.25. The van der Waals surface area contributed by atoms with Crippen molar-refractivity contribution in [2.24, 2.45) is 5.10 Å². The lowest BCUT2D eigenvalue weighted by atomic mass is 10.2. The van der Waals surface area contributed by atoms with Gasteiger partial charge in [-0.3, -0.25) is 0 Å². The lowest BCUT2D eigenvalue weighted by Gasteiger charge is -2.03. The van der Waals surface area contributed by atoms with Crippen LogP contribution in [0.1, 0.15) is 12.5 Å². The van der Waals surface area contributed by atoms with Gasteiger partial charge in [0.25, 0.3) is 10.0 Å². The molecule has 0 aliphatic rings. The molecule has 6 nitrogen and oxygen atoms in total. The Labute approximate surface area is 106 Å². The van der Waals surface area contributed by atoms with E-state index in [9.17, 15) is 13.2 Å². The average molecular weight is 270 g/mol. The van der Waals surface area contributed by atoms with Gasteiger partial charge in [-0.15, -0.1) is 0 Å². The molecule has 18 heavy (non-hydrogen) atoms. The van der Waals surface area contributed by atoms with Crippen LogP contribution < -0.4 is 4.83 Å². The van der Waals surface area contributed by atoms with Crippen LogP contribution in [0.5, 0.6) is 0 Å². The van der Waals surface area contributed by atoms with Crippen molar-refractivity contribution in [3.05, 3.63) is 29.8 Å². The summed E-state index contributed by atoms with van der Waals surface area (Å²) < 4.78 is 28.0. The van der Waals surface area contributed by atoms with Gasteiger partial charge in [-0.1, -0.05) is 17.7 Å². The van der Waals surface area contributed by atoms with Crippen LogP contribution in [-0.4, -0.2) is 27.2 Å². The van der Waals surface area contributed by atoms with Crippen LogP contribution in [0.2, 0.25) is 0 Å². The fourth-order valence-corrected chi connectivity index (χ4v) is 1.89. The van der Waals surface area contributed by atoms with E-state index in [1.807, 2.05) is 11.8 Å². The number of carbonyl (C=O) groups is 1. The summed E-state index contributed by atoms with van der Waals surface area (Å²) >= 11 is 0. The second-order valence-electron chi connectivity index (χ2n) is 3.42. The predicted octanol–water partition coefficient (Wildman–Crippen LogP) is 0.822. The molecule has 0 aliphatic carbocycles. The van der Waals surface area contributed by atoms with Crippen LogP contribution in [-0.2, 0) is 19.6 Å². The van der Waals surface area contributed by atoms with Gasteiger partial charge in [-0.05, 0) is 26.0 Å². The third-order valence-corrected chi connectivity index (χ3v) is 3.20. The van der Waals surface area contributed by atoms with Crippen LogP contribution >= 0.6 is 0 Å². The molecule has 0 radical (unpaired) electrons. The Hall–Kier alpha value is -1.89. The molecule has 0 amide bonds. The van der Waals surface area contributed by atoms with E-state index in [0.717, 1.165) is 11.8 Å². The van der Waals surface area contributed by atoms with Crippen molar-refractivity contribution in [2.75, 3.05) is 6.61 Å². The monoisotopic (exact) mass is 270 g/mol. The topological polar surface area (TPSA) is 84.8 Å². The first-order valence-corrected chi connectivity index (χ1v) is 6.72. The Morgan fingerprint density at radius 1 is 1.39 bits per heavy atom. The lowest BCUT2D eigenvalue weighted by molar-refractivity contribution is -0.134. The SMILES string of the molecule is CCOC(=O)/C=N/NS(=O)(=O)c1ccc(C)cc1. The molecule has 0 saturated heterocycles. The van der Waals surface area contributed by atoms with Gasteiger partial charge in [0, 0.05) is 0 Å². The molecular weight excluding hydrogens is 256 g/mol. The molecule has 1 aromatic carbocycles. The normalized spacial score (nSPS) is 11.4. The van der Waals surface area contributed by atoms with E-state index in [0.29, 0.717) is 0 Å². The highest BCUT2D eigenvalue weighted by Gasteiger charge is 2.11. The molecular formula is C11H14N2O4S. The van der Waals surface area contributed by atoms with Crippen molar-refractivity contribution in [3.8, 4) is 0 Å². The number of hydrogen-bond acceptors (Lipinski definition) is 5. The molecule has 0 aromatic heterocycles. The highest BCUT2D eigenvalue weighted by atomic mass is 32.2. The zero-order valence-electron chi connectivity index (χ0n) is 10.1. The van der Waals surface area contributed by atoms with E-state index in [1.54, 1.807) is 19.1 Å². The number of aryl methyl sites for hydroxylation is 1. The highest BCUT2D eigenvalue weighted by Crippen LogP contribution is 2.09. The second kappa shape index (κ2) is 6.15. The fourth-order valence-electron chi connectivity index (χ4n) is 1.10. The minimum Gasteiger partial charge on any atom is -0.462 e. The molecule has 1 N–H and O–H groups in total. The van der Waals surface area contributed by atoms with Crippen molar-refractivity contribution in [3.63, 3.8) is 0 Å². The van der Waals surface area contributed by atoms with Crippen molar-refractivity contribution < 1.29 is 17.9 Å². The fraction of sp³-hybridized carbons (Fsp3) is 0.273. The summed E-state index contributed by atoms with van der Waals surface area (Å²) in [5.74, 6) is -0.705. The van der Waals surface area contributed by atoms with Gasteiger partial charge < -0.3 is 4.74 Å².